The third kappa shape index (κ3) is 5.25. The van der Waals surface area contributed by atoms with Crippen LogP contribution in [0.1, 0.15) is 51.8 Å². The number of ether oxygens (including phenoxy) is 2. The molecule has 2 aromatic rings. The molecule has 4 heteroatoms. The predicted molar refractivity (Wildman–Crippen MR) is 105 cm³/mol. The smallest absolute Gasteiger partial charge is 0.261 e. The molecule has 1 N–H and O–H groups in total. The summed E-state index contributed by atoms with van der Waals surface area (Å²) in [5, 5.41) is 3.01. The van der Waals surface area contributed by atoms with Crippen molar-refractivity contribution in [1.29, 1.82) is 0 Å². The van der Waals surface area contributed by atoms with Gasteiger partial charge in [-0.05, 0) is 54.7 Å². The summed E-state index contributed by atoms with van der Waals surface area (Å²) in [6, 6.07) is 15.5. The van der Waals surface area contributed by atoms with Crippen molar-refractivity contribution in [2.45, 2.75) is 52.2 Å². The second kappa shape index (κ2) is 8.26. The fourth-order valence-electron chi connectivity index (χ4n) is 2.60. The Morgan fingerprint density at radius 2 is 1.46 bits per heavy atom. The minimum absolute atomic E-state index is 0.0848. The van der Waals surface area contributed by atoms with Crippen LogP contribution in [0.5, 0.6) is 11.5 Å². The quantitative estimate of drug-likeness (QED) is 0.821. The van der Waals surface area contributed by atoms with E-state index in [4.69, 9.17) is 9.47 Å². The van der Waals surface area contributed by atoms with Gasteiger partial charge in [0.1, 0.15) is 11.5 Å². The van der Waals surface area contributed by atoms with Gasteiger partial charge in [-0.3, -0.25) is 4.79 Å². The molecular weight excluding hydrogens is 326 g/mol. The van der Waals surface area contributed by atoms with Crippen LogP contribution in [0.3, 0.4) is 0 Å². The molecule has 140 valence electrons. The lowest BCUT2D eigenvalue weighted by Crippen LogP contribution is -2.37. The minimum Gasteiger partial charge on any atom is -0.497 e. The van der Waals surface area contributed by atoms with Crippen LogP contribution >= 0.6 is 0 Å². The van der Waals surface area contributed by atoms with Crippen LogP contribution in [-0.4, -0.2) is 19.1 Å². The second-order valence-electron chi connectivity index (χ2n) is 7.54. The average molecular weight is 355 g/mol. The molecule has 0 spiro atoms. The second-order valence-corrected chi connectivity index (χ2v) is 7.54. The highest BCUT2D eigenvalue weighted by atomic mass is 16.5. The molecule has 0 aliphatic heterocycles. The molecule has 0 unspecified atom stereocenters. The molecule has 0 heterocycles. The summed E-state index contributed by atoms with van der Waals surface area (Å²) in [6.45, 7) is 10.3. The Balaban J connectivity index is 1.94. The van der Waals surface area contributed by atoms with Crippen molar-refractivity contribution in [3.05, 3.63) is 59.7 Å². The van der Waals surface area contributed by atoms with Crippen LogP contribution in [-0.2, 0) is 10.2 Å². The summed E-state index contributed by atoms with van der Waals surface area (Å²) < 4.78 is 10.8. The molecule has 26 heavy (non-hydrogen) atoms. The highest BCUT2D eigenvalue weighted by Crippen LogP contribution is 2.24. The summed E-state index contributed by atoms with van der Waals surface area (Å²) >= 11 is 0. The maximum atomic E-state index is 12.4. The van der Waals surface area contributed by atoms with E-state index in [1.54, 1.807) is 38.3 Å². The summed E-state index contributed by atoms with van der Waals surface area (Å²) in [4.78, 5) is 12.4. The number of hydrogen-bond acceptors (Lipinski definition) is 3. The Bertz CT molecular complexity index is 715. The fraction of sp³-hybridized carbons (Fsp3) is 0.409. The molecule has 0 radical (unpaired) electrons. The zero-order valence-corrected chi connectivity index (χ0v) is 16.5. The van der Waals surface area contributed by atoms with E-state index in [1.807, 2.05) is 6.92 Å². The number of rotatable bonds is 6. The number of hydrogen-bond donors (Lipinski definition) is 1. The van der Waals surface area contributed by atoms with Gasteiger partial charge in [0, 0.05) is 0 Å². The van der Waals surface area contributed by atoms with E-state index in [0.717, 1.165) is 11.3 Å². The maximum Gasteiger partial charge on any atom is 0.261 e. The van der Waals surface area contributed by atoms with E-state index in [9.17, 15) is 4.79 Å². The van der Waals surface area contributed by atoms with Gasteiger partial charge in [-0.25, -0.2) is 0 Å². The molecule has 4 nitrogen and oxygen atoms in total. The first-order valence-electron chi connectivity index (χ1n) is 8.92. The zero-order valence-electron chi connectivity index (χ0n) is 16.5. The molecule has 2 rings (SSSR count). The Morgan fingerprint density at radius 3 is 1.96 bits per heavy atom. The van der Waals surface area contributed by atoms with Gasteiger partial charge in [0.05, 0.1) is 13.2 Å². The molecule has 0 saturated heterocycles. The molecule has 0 aliphatic carbocycles. The number of methoxy groups -OCH3 is 1. The summed E-state index contributed by atoms with van der Waals surface area (Å²) in [5.41, 5.74) is 2.46. The average Bonchev–Trinajstić information content (AvgIpc) is 2.61. The van der Waals surface area contributed by atoms with Crippen LogP contribution in [0.2, 0.25) is 0 Å². The first kappa shape index (κ1) is 19.8. The van der Waals surface area contributed by atoms with Gasteiger partial charge in [0.25, 0.3) is 5.91 Å². The monoisotopic (exact) mass is 355 g/mol. The maximum absolute atomic E-state index is 12.4. The Hall–Kier alpha value is -2.49. The molecule has 0 aromatic heterocycles. The predicted octanol–water partition coefficient (Wildman–Crippen LogP) is 4.64. The van der Waals surface area contributed by atoms with Crippen molar-refractivity contribution in [3.8, 4) is 11.5 Å². The minimum atomic E-state index is -0.584. The standard InChI is InChI=1S/C22H29NO3/c1-15(17-7-9-18(10-8-17)22(3,4)5)23-21(24)16(2)26-20-13-11-19(25-6)12-14-20/h7-16H,1-6H3,(H,23,24)/t15-,16+/m1/s1. The summed E-state index contributed by atoms with van der Waals surface area (Å²) in [6.07, 6.45) is -0.584. The Morgan fingerprint density at radius 1 is 0.923 bits per heavy atom. The van der Waals surface area contributed by atoms with Gasteiger partial charge in [-0.1, -0.05) is 45.0 Å². The molecule has 2 aromatic carbocycles. The van der Waals surface area contributed by atoms with Crippen LogP contribution < -0.4 is 14.8 Å². The zero-order chi connectivity index (χ0) is 19.3. The Kier molecular flexibility index (Phi) is 6.30. The van der Waals surface area contributed by atoms with E-state index in [0.29, 0.717) is 5.75 Å². The van der Waals surface area contributed by atoms with Crippen molar-refractivity contribution in [3.63, 3.8) is 0 Å². The molecular formula is C22H29NO3. The molecule has 0 aliphatic rings. The van der Waals surface area contributed by atoms with Gasteiger partial charge >= 0.3 is 0 Å². The normalized spacial score (nSPS) is 13.6. The number of nitrogens with one attached hydrogen (secondary N) is 1. The van der Waals surface area contributed by atoms with Crippen molar-refractivity contribution in [2.24, 2.45) is 0 Å². The van der Waals surface area contributed by atoms with Gasteiger partial charge in [0.2, 0.25) is 0 Å². The van der Waals surface area contributed by atoms with Crippen LogP contribution in [0.4, 0.5) is 0 Å². The molecule has 0 saturated carbocycles. The lowest BCUT2D eigenvalue weighted by molar-refractivity contribution is -0.127. The first-order chi connectivity index (χ1) is 12.2. The summed E-state index contributed by atoms with van der Waals surface area (Å²) in [5.74, 6) is 1.24. The largest absolute Gasteiger partial charge is 0.497 e. The third-order valence-electron chi connectivity index (χ3n) is 4.38. The highest BCUT2D eigenvalue weighted by molar-refractivity contribution is 5.81. The van der Waals surface area contributed by atoms with Crippen molar-refractivity contribution in [2.75, 3.05) is 7.11 Å². The van der Waals surface area contributed by atoms with Crippen molar-refractivity contribution < 1.29 is 14.3 Å². The SMILES string of the molecule is COc1ccc(O[C@@H](C)C(=O)N[C@H](C)c2ccc(C(C)(C)C)cc2)cc1. The van der Waals surface area contributed by atoms with Crippen molar-refractivity contribution >= 4 is 5.91 Å². The van der Waals surface area contributed by atoms with Gasteiger partial charge in [-0.15, -0.1) is 0 Å². The van der Waals surface area contributed by atoms with E-state index in [-0.39, 0.29) is 17.4 Å². The van der Waals surface area contributed by atoms with Crippen LogP contribution in [0.25, 0.3) is 0 Å². The van der Waals surface area contributed by atoms with Crippen LogP contribution in [0, 0.1) is 0 Å². The van der Waals surface area contributed by atoms with E-state index >= 15 is 0 Å². The van der Waals surface area contributed by atoms with Crippen molar-refractivity contribution in [1.82, 2.24) is 5.32 Å². The highest BCUT2D eigenvalue weighted by Gasteiger charge is 2.19. The first-order valence-corrected chi connectivity index (χ1v) is 8.92. The lowest BCUT2D eigenvalue weighted by atomic mass is 9.86. The lowest BCUT2D eigenvalue weighted by Gasteiger charge is -2.22. The molecule has 2 atom stereocenters. The fourth-order valence-corrected chi connectivity index (χ4v) is 2.60. The Labute approximate surface area is 156 Å². The van der Waals surface area contributed by atoms with E-state index in [2.05, 4.69) is 50.4 Å². The third-order valence-corrected chi connectivity index (χ3v) is 4.38. The molecule has 1 amide bonds. The number of benzene rings is 2. The molecule has 0 bridgehead atoms. The number of amides is 1. The number of carbonyl (C=O) groups excluding carboxylic acids is 1. The van der Waals surface area contributed by atoms with Gasteiger partial charge in [-0.2, -0.15) is 0 Å². The van der Waals surface area contributed by atoms with E-state index in [1.165, 1.54) is 5.56 Å². The topological polar surface area (TPSA) is 47.6 Å². The van der Waals surface area contributed by atoms with Crippen LogP contribution in [0.15, 0.2) is 48.5 Å². The number of carbonyl (C=O) groups is 1. The van der Waals surface area contributed by atoms with E-state index < -0.39 is 6.10 Å². The molecule has 0 fully saturated rings. The van der Waals surface area contributed by atoms with Gasteiger partial charge < -0.3 is 14.8 Å². The van der Waals surface area contributed by atoms with Gasteiger partial charge in [0.15, 0.2) is 6.10 Å². The summed E-state index contributed by atoms with van der Waals surface area (Å²) in [7, 11) is 1.61.